The van der Waals surface area contributed by atoms with Gasteiger partial charge in [0.2, 0.25) is 5.13 Å². The third-order valence-corrected chi connectivity index (χ3v) is 4.01. The number of thioether (sulfide) groups is 1. The number of nitrogens with zero attached hydrogens (tertiary/aromatic N) is 2. The van der Waals surface area contributed by atoms with E-state index in [1.165, 1.54) is 29.2 Å². The molecule has 17 heavy (non-hydrogen) atoms. The summed E-state index contributed by atoms with van der Waals surface area (Å²) >= 11 is 2.54. The number of aliphatic hydroxyl groups is 1. The molecule has 1 unspecified atom stereocenters. The molecular formula is C10H10FN3OS2. The SMILES string of the molecule is Nc1nnc(SCC(O)c2ccccc2F)s1. The molecule has 0 fully saturated rings. The lowest BCUT2D eigenvalue weighted by molar-refractivity contribution is 0.199. The maximum Gasteiger partial charge on any atom is 0.203 e. The number of hydrogen-bond donors (Lipinski definition) is 2. The number of nitrogen functional groups attached to an aromatic ring is 1. The molecule has 0 bridgehead atoms. The monoisotopic (exact) mass is 271 g/mol. The number of hydrogen-bond acceptors (Lipinski definition) is 6. The van der Waals surface area contributed by atoms with Crippen LogP contribution in [-0.4, -0.2) is 21.1 Å². The summed E-state index contributed by atoms with van der Waals surface area (Å²) in [7, 11) is 0. The zero-order valence-corrected chi connectivity index (χ0v) is 10.3. The molecule has 1 atom stereocenters. The smallest absolute Gasteiger partial charge is 0.203 e. The Kier molecular flexibility index (Phi) is 3.93. The van der Waals surface area contributed by atoms with Crippen molar-refractivity contribution in [3.63, 3.8) is 0 Å². The Balaban J connectivity index is 1.98. The van der Waals surface area contributed by atoms with Crippen LogP contribution in [-0.2, 0) is 0 Å². The van der Waals surface area contributed by atoms with Crippen LogP contribution in [0, 0.1) is 5.82 Å². The number of aromatic nitrogens is 2. The average Bonchev–Trinajstić information content (AvgIpc) is 2.73. The van der Waals surface area contributed by atoms with Crippen molar-refractivity contribution in [2.45, 2.75) is 10.4 Å². The standard InChI is InChI=1S/C10H10FN3OS2/c11-7-4-2-1-3-6(7)8(15)5-16-10-14-13-9(12)17-10/h1-4,8,15H,5H2,(H2,12,13). The molecule has 1 aromatic carbocycles. The van der Waals surface area contributed by atoms with E-state index in [2.05, 4.69) is 10.2 Å². The number of halogens is 1. The van der Waals surface area contributed by atoms with Crippen molar-refractivity contribution in [2.75, 3.05) is 11.5 Å². The molecule has 1 aromatic heterocycles. The molecule has 2 rings (SSSR count). The fourth-order valence-electron chi connectivity index (χ4n) is 1.26. The Morgan fingerprint density at radius 2 is 2.18 bits per heavy atom. The fraction of sp³-hybridized carbons (Fsp3) is 0.200. The third-order valence-electron chi connectivity index (χ3n) is 2.05. The minimum absolute atomic E-state index is 0.289. The second-order valence-electron chi connectivity index (χ2n) is 3.25. The summed E-state index contributed by atoms with van der Waals surface area (Å²) in [5.74, 6) is -0.0902. The van der Waals surface area contributed by atoms with Gasteiger partial charge in [0, 0.05) is 11.3 Å². The summed E-state index contributed by atoms with van der Waals surface area (Å²) in [5, 5.41) is 17.7. The Hall–Kier alpha value is -1.18. The normalized spacial score (nSPS) is 12.6. The second-order valence-corrected chi connectivity index (χ2v) is 5.53. The Bertz CT molecular complexity index is 506. The summed E-state index contributed by atoms with van der Waals surface area (Å²) in [4.78, 5) is 0. The quantitative estimate of drug-likeness (QED) is 0.833. The van der Waals surface area contributed by atoms with Gasteiger partial charge in [-0.3, -0.25) is 0 Å². The minimum Gasteiger partial charge on any atom is -0.387 e. The van der Waals surface area contributed by atoms with Crippen LogP contribution in [0.4, 0.5) is 9.52 Å². The first-order valence-corrected chi connectivity index (χ1v) is 6.61. The van der Waals surface area contributed by atoms with E-state index in [4.69, 9.17) is 5.73 Å². The zero-order valence-electron chi connectivity index (χ0n) is 8.71. The molecular weight excluding hydrogens is 261 g/mol. The summed E-state index contributed by atoms with van der Waals surface area (Å²) in [6.07, 6.45) is -0.869. The van der Waals surface area contributed by atoms with Gasteiger partial charge in [-0.25, -0.2) is 4.39 Å². The van der Waals surface area contributed by atoms with Gasteiger partial charge in [0.05, 0.1) is 6.10 Å². The molecule has 90 valence electrons. The van der Waals surface area contributed by atoms with E-state index in [1.807, 2.05) is 0 Å². The minimum atomic E-state index is -0.869. The summed E-state index contributed by atoms with van der Waals surface area (Å²) in [6.45, 7) is 0. The average molecular weight is 271 g/mol. The Morgan fingerprint density at radius 1 is 1.41 bits per heavy atom. The van der Waals surface area contributed by atoms with Crippen LogP contribution >= 0.6 is 23.1 Å². The van der Waals surface area contributed by atoms with Crippen LogP contribution in [0.3, 0.4) is 0 Å². The van der Waals surface area contributed by atoms with E-state index in [0.29, 0.717) is 15.2 Å². The number of anilines is 1. The highest BCUT2D eigenvalue weighted by Gasteiger charge is 2.13. The van der Waals surface area contributed by atoms with Crippen LogP contribution in [0.5, 0.6) is 0 Å². The second kappa shape index (κ2) is 5.44. The van der Waals surface area contributed by atoms with Crippen LogP contribution < -0.4 is 5.73 Å². The summed E-state index contributed by atoms with van der Waals surface area (Å²) in [6, 6.07) is 6.17. The predicted molar refractivity (Wildman–Crippen MR) is 66.4 cm³/mol. The Morgan fingerprint density at radius 3 is 2.82 bits per heavy atom. The highest BCUT2D eigenvalue weighted by Crippen LogP contribution is 2.28. The Labute approximate surface area is 106 Å². The summed E-state index contributed by atoms with van der Waals surface area (Å²) < 4.78 is 14.0. The van der Waals surface area contributed by atoms with E-state index in [0.717, 1.165) is 0 Å². The lowest BCUT2D eigenvalue weighted by Gasteiger charge is -2.09. The van der Waals surface area contributed by atoms with Gasteiger partial charge in [-0.05, 0) is 6.07 Å². The first kappa shape index (κ1) is 12.3. The van der Waals surface area contributed by atoms with Crippen LogP contribution in [0.2, 0.25) is 0 Å². The van der Waals surface area contributed by atoms with Crippen molar-refractivity contribution < 1.29 is 9.50 Å². The van der Waals surface area contributed by atoms with Crippen molar-refractivity contribution in [3.8, 4) is 0 Å². The van der Waals surface area contributed by atoms with Crippen molar-refractivity contribution in [1.29, 1.82) is 0 Å². The van der Waals surface area contributed by atoms with Crippen molar-refractivity contribution in [3.05, 3.63) is 35.6 Å². The molecule has 0 radical (unpaired) electrons. The highest BCUT2D eigenvalue weighted by atomic mass is 32.2. The molecule has 0 amide bonds. The molecule has 0 aliphatic heterocycles. The van der Waals surface area contributed by atoms with Gasteiger partial charge in [0.15, 0.2) is 4.34 Å². The van der Waals surface area contributed by atoms with Gasteiger partial charge in [0.25, 0.3) is 0 Å². The zero-order chi connectivity index (χ0) is 12.3. The number of aliphatic hydroxyl groups excluding tert-OH is 1. The molecule has 3 N–H and O–H groups in total. The first-order chi connectivity index (χ1) is 8.16. The molecule has 2 aromatic rings. The van der Waals surface area contributed by atoms with Gasteiger partial charge in [-0.2, -0.15) is 0 Å². The molecule has 0 saturated carbocycles. The topological polar surface area (TPSA) is 72.0 Å². The molecule has 0 aliphatic carbocycles. The van der Waals surface area contributed by atoms with E-state index >= 15 is 0 Å². The lowest BCUT2D eigenvalue weighted by atomic mass is 10.1. The highest BCUT2D eigenvalue weighted by molar-refractivity contribution is 8.01. The molecule has 0 spiro atoms. The van der Waals surface area contributed by atoms with Gasteiger partial charge >= 0.3 is 0 Å². The number of rotatable bonds is 4. The van der Waals surface area contributed by atoms with Gasteiger partial charge in [0.1, 0.15) is 5.82 Å². The van der Waals surface area contributed by atoms with Crippen molar-refractivity contribution >= 4 is 28.2 Å². The van der Waals surface area contributed by atoms with Crippen LogP contribution in [0.15, 0.2) is 28.6 Å². The van der Waals surface area contributed by atoms with Gasteiger partial charge in [-0.15, -0.1) is 10.2 Å². The van der Waals surface area contributed by atoms with Gasteiger partial charge in [-0.1, -0.05) is 41.3 Å². The number of benzene rings is 1. The largest absolute Gasteiger partial charge is 0.387 e. The predicted octanol–water partition coefficient (Wildman–Crippen LogP) is 2.09. The third kappa shape index (κ3) is 3.15. The molecule has 7 heteroatoms. The van der Waals surface area contributed by atoms with Crippen LogP contribution in [0.25, 0.3) is 0 Å². The fourth-order valence-corrected chi connectivity index (χ4v) is 2.88. The van der Waals surface area contributed by atoms with Crippen molar-refractivity contribution in [2.24, 2.45) is 0 Å². The van der Waals surface area contributed by atoms with E-state index in [9.17, 15) is 9.50 Å². The lowest BCUT2D eigenvalue weighted by Crippen LogP contribution is -2.03. The maximum absolute atomic E-state index is 13.4. The van der Waals surface area contributed by atoms with E-state index in [-0.39, 0.29) is 5.56 Å². The summed E-state index contributed by atoms with van der Waals surface area (Å²) in [5.41, 5.74) is 5.72. The van der Waals surface area contributed by atoms with Crippen LogP contribution in [0.1, 0.15) is 11.7 Å². The first-order valence-electron chi connectivity index (χ1n) is 4.81. The van der Waals surface area contributed by atoms with E-state index < -0.39 is 11.9 Å². The maximum atomic E-state index is 13.4. The number of nitrogens with two attached hydrogens (primary N) is 1. The van der Waals surface area contributed by atoms with E-state index in [1.54, 1.807) is 18.2 Å². The van der Waals surface area contributed by atoms with Crippen molar-refractivity contribution in [1.82, 2.24) is 10.2 Å². The molecule has 1 heterocycles. The molecule has 4 nitrogen and oxygen atoms in total. The van der Waals surface area contributed by atoms with Gasteiger partial charge < -0.3 is 10.8 Å². The molecule has 0 saturated heterocycles. The molecule has 0 aliphatic rings.